The van der Waals surface area contributed by atoms with Crippen LogP contribution in [0.4, 0.5) is 5.69 Å². The number of benzene rings is 1. The molecule has 0 spiro atoms. The van der Waals surface area contributed by atoms with Crippen LogP contribution < -0.4 is 4.72 Å². The fourth-order valence-electron chi connectivity index (χ4n) is 1.54. The molecule has 0 amide bonds. The Balaban J connectivity index is 2.31. The molecule has 0 saturated carbocycles. The molecule has 1 heterocycles. The molecule has 1 aromatic carbocycles. The third-order valence-electron chi connectivity index (χ3n) is 2.47. The zero-order chi connectivity index (χ0) is 15.6. The van der Waals surface area contributed by atoms with Crippen molar-refractivity contribution < 1.29 is 13.3 Å². The average Bonchev–Trinajstić information content (AvgIpc) is 2.82. The summed E-state index contributed by atoms with van der Waals surface area (Å²) in [6.45, 7) is 0.0172. The van der Waals surface area contributed by atoms with Gasteiger partial charge in [0.1, 0.15) is 0 Å². The Bertz CT molecular complexity index is 791. The molecule has 1 aromatic heterocycles. The maximum Gasteiger partial charge on any atom is 0.289 e. The number of thiophene rings is 1. The highest BCUT2D eigenvalue weighted by Crippen LogP contribution is 2.28. The molecule has 0 radical (unpaired) electrons. The lowest BCUT2D eigenvalue weighted by Gasteiger charge is -2.07. The number of rotatable bonds is 5. The van der Waals surface area contributed by atoms with Crippen LogP contribution in [0.15, 0.2) is 39.7 Å². The van der Waals surface area contributed by atoms with Gasteiger partial charge in [0.2, 0.25) is 10.0 Å². The SMILES string of the molecule is O=[N+]([O-])c1ccc(Br)cc1S(=O)(=O)NCc1ccc(Cl)s1. The number of hydrogen-bond acceptors (Lipinski definition) is 5. The second-order valence-corrected chi connectivity index (χ2v) is 8.35. The molecule has 6 nitrogen and oxygen atoms in total. The third kappa shape index (κ3) is 4.01. The Kier molecular flexibility index (Phi) is 4.99. The van der Waals surface area contributed by atoms with Gasteiger partial charge in [0.25, 0.3) is 5.69 Å². The number of halogens is 2. The van der Waals surface area contributed by atoms with E-state index in [4.69, 9.17) is 11.6 Å². The smallest absolute Gasteiger partial charge is 0.258 e. The molecule has 0 aliphatic rings. The molecule has 0 bridgehead atoms. The summed E-state index contributed by atoms with van der Waals surface area (Å²) in [5, 5.41) is 10.9. The number of hydrogen-bond donors (Lipinski definition) is 1. The topological polar surface area (TPSA) is 89.3 Å². The van der Waals surface area contributed by atoms with Gasteiger partial charge in [-0.1, -0.05) is 27.5 Å². The van der Waals surface area contributed by atoms with Crippen LogP contribution >= 0.6 is 38.9 Å². The lowest BCUT2D eigenvalue weighted by atomic mass is 10.3. The first kappa shape index (κ1) is 16.4. The fourth-order valence-corrected chi connectivity index (χ4v) is 4.38. The van der Waals surface area contributed by atoms with Crippen molar-refractivity contribution >= 4 is 54.6 Å². The normalized spacial score (nSPS) is 11.5. The first-order valence-electron chi connectivity index (χ1n) is 5.47. The van der Waals surface area contributed by atoms with E-state index in [2.05, 4.69) is 20.7 Å². The van der Waals surface area contributed by atoms with Crippen LogP contribution in [0.5, 0.6) is 0 Å². The summed E-state index contributed by atoms with van der Waals surface area (Å²) in [7, 11) is -4.01. The minimum Gasteiger partial charge on any atom is -0.258 e. The highest BCUT2D eigenvalue weighted by atomic mass is 79.9. The van der Waals surface area contributed by atoms with Crippen molar-refractivity contribution in [2.75, 3.05) is 0 Å². The number of nitrogens with zero attached hydrogens (tertiary/aromatic N) is 1. The Morgan fingerprint density at radius 1 is 1.33 bits per heavy atom. The average molecular weight is 412 g/mol. The van der Waals surface area contributed by atoms with Crippen molar-refractivity contribution in [3.8, 4) is 0 Å². The van der Waals surface area contributed by atoms with Gasteiger partial charge in [0, 0.05) is 22.0 Å². The predicted molar refractivity (Wildman–Crippen MR) is 84.2 cm³/mol. The standard InChI is InChI=1S/C11H8BrClN2O4S2/c12-7-1-3-9(15(16)17)10(5-7)21(18,19)14-6-8-2-4-11(13)20-8/h1-5,14H,6H2. The van der Waals surface area contributed by atoms with Gasteiger partial charge in [-0.05, 0) is 24.3 Å². The van der Waals surface area contributed by atoms with Gasteiger partial charge in [-0.3, -0.25) is 10.1 Å². The minimum atomic E-state index is -4.01. The third-order valence-corrected chi connectivity index (χ3v) is 5.63. The van der Waals surface area contributed by atoms with Gasteiger partial charge < -0.3 is 0 Å². The molecule has 0 fully saturated rings. The van der Waals surface area contributed by atoms with E-state index < -0.39 is 20.6 Å². The Labute approximate surface area is 138 Å². The molecule has 21 heavy (non-hydrogen) atoms. The van der Waals surface area contributed by atoms with Crippen LogP contribution in [0.3, 0.4) is 0 Å². The van der Waals surface area contributed by atoms with E-state index in [0.29, 0.717) is 13.7 Å². The first-order chi connectivity index (χ1) is 9.79. The second kappa shape index (κ2) is 6.41. The molecule has 0 aliphatic carbocycles. The molecule has 0 atom stereocenters. The summed E-state index contributed by atoms with van der Waals surface area (Å²) in [4.78, 5) is 10.5. The molecule has 0 aliphatic heterocycles. The first-order valence-corrected chi connectivity index (χ1v) is 8.94. The quantitative estimate of drug-likeness (QED) is 0.602. The van der Waals surface area contributed by atoms with E-state index in [1.807, 2.05) is 0 Å². The Hall–Kier alpha value is -1.000. The summed E-state index contributed by atoms with van der Waals surface area (Å²) >= 11 is 10.1. The lowest BCUT2D eigenvalue weighted by molar-refractivity contribution is -0.387. The number of nitrogens with one attached hydrogen (secondary N) is 1. The second-order valence-electron chi connectivity index (χ2n) is 3.90. The van der Waals surface area contributed by atoms with Crippen LogP contribution in [0.25, 0.3) is 0 Å². The number of nitro benzene ring substituents is 1. The van der Waals surface area contributed by atoms with Crippen LogP contribution in [0.1, 0.15) is 4.88 Å². The summed E-state index contributed by atoms with van der Waals surface area (Å²) < 4.78 is 27.8. The minimum absolute atomic E-state index is 0.0172. The summed E-state index contributed by atoms with van der Waals surface area (Å²) in [5.74, 6) is 0. The molecule has 0 saturated heterocycles. The largest absolute Gasteiger partial charge is 0.289 e. The van der Waals surface area contributed by atoms with E-state index in [9.17, 15) is 18.5 Å². The van der Waals surface area contributed by atoms with Crippen LogP contribution in [-0.4, -0.2) is 13.3 Å². The molecule has 2 rings (SSSR count). The molecule has 1 N–H and O–H groups in total. The Morgan fingerprint density at radius 3 is 2.62 bits per heavy atom. The monoisotopic (exact) mass is 410 g/mol. The van der Waals surface area contributed by atoms with E-state index in [1.54, 1.807) is 12.1 Å². The predicted octanol–water partition coefficient (Wildman–Crippen LogP) is 3.55. The summed E-state index contributed by atoms with van der Waals surface area (Å²) in [6.07, 6.45) is 0. The van der Waals surface area contributed by atoms with Crippen LogP contribution in [0, 0.1) is 10.1 Å². The van der Waals surface area contributed by atoms with E-state index in [0.717, 1.165) is 6.07 Å². The van der Waals surface area contributed by atoms with Crippen molar-refractivity contribution in [1.29, 1.82) is 0 Å². The molecular formula is C11H8BrClN2O4S2. The molecular weight excluding hydrogens is 404 g/mol. The molecule has 2 aromatic rings. The van der Waals surface area contributed by atoms with Gasteiger partial charge in [-0.15, -0.1) is 11.3 Å². The number of nitro groups is 1. The maximum absolute atomic E-state index is 12.2. The van der Waals surface area contributed by atoms with Gasteiger partial charge in [0.05, 0.1) is 9.26 Å². The maximum atomic E-state index is 12.2. The Morgan fingerprint density at radius 2 is 2.05 bits per heavy atom. The lowest BCUT2D eigenvalue weighted by Crippen LogP contribution is -2.23. The van der Waals surface area contributed by atoms with Gasteiger partial charge in [-0.2, -0.15) is 0 Å². The molecule has 112 valence electrons. The molecule has 10 heteroatoms. The van der Waals surface area contributed by atoms with E-state index >= 15 is 0 Å². The van der Waals surface area contributed by atoms with Gasteiger partial charge in [0.15, 0.2) is 4.90 Å². The van der Waals surface area contributed by atoms with Gasteiger partial charge >= 0.3 is 0 Å². The van der Waals surface area contributed by atoms with Crippen molar-refractivity contribution in [3.63, 3.8) is 0 Å². The van der Waals surface area contributed by atoms with Crippen LogP contribution in [0.2, 0.25) is 4.34 Å². The zero-order valence-electron chi connectivity index (χ0n) is 10.2. The summed E-state index contributed by atoms with van der Waals surface area (Å²) in [5.41, 5.74) is -0.477. The van der Waals surface area contributed by atoms with Gasteiger partial charge in [-0.25, -0.2) is 13.1 Å². The van der Waals surface area contributed by atoms with Crippen LogP contribution in [-0.2, 0) is 16.6 Å². The highest BCUT2D eigenvalue weighted by Gasteiger charge is 2.25. The van der Waals surface area contributed by atoms with Crippen molar-refractivity contribution in [3.05, 3.63) is 54.1 Å². The highest BCUT2D eigenvalue weighted by molar-refractivity contribution is 9.10. The van der Waals surface area contributed by atoms with E-state index in [1.165, 1.54) is 23.5 Å². The summed E-state index contributed by atoms with van der Waals surface area (Å²) in [6, 6.07) is 7.08. The van der Waals surface area contributed by atoms with E-state index in [-0.39, 0.29) is 11.4 Å². The fraction of sp³-hybridized carbons (Fsp3) is 0.0909. The van der Waals surface area contributed by atoms with Crippen molar-refractivity contribution in [1.82, 2.24) is 4.72 Å². The van der Waals surface area contributed by atoms with Crippen molar-refractivity contribution in [2.24, 2.45) is 0 Å². The number of sulfonamides is 1. The molecule has 0 unspecified atom stereocenters. The van der Waals surface area contributed by atoms with Crippen molar-refractivity contribution in [2.45, 2.75) is 11.4 Å². The zero-order valence-corrected chi connectivity index (χ0v) is 14.2.